The molecule has 2 rings (SSSR count). The van der Waals surface area contributed by atoms with Crippen molar-refractivity contribution in [2.24, 2.45) is 0 Å². The number of carbonyl (C=O) groups is 1. The summed E-state index contributed by atoms with van der Waals surface area (Å²) in [5.41, 5.74) is 0.569. The zero-order chi connectivity index (χ0) is 16.9. The molecule has 0 aliphatic carbocycles. The molecule has 23 heavy (non-hydrogen) atoms. The number of carbonyl (C=O) groups excluding carboxylic acids is 1. The molecular formula is C15H17ClN2O4S. The molecular weight excluding hydrogens is 340 g/mol. The number of furan rings is 1. The zero-order valence-electron chi connectivity index (χ0n) is 12.5. The van der Waals surface area contributed by atoms with E-state index in [0.29, 0.717) is 16.5 Å². The van der Waals surface area contributed by atoms with Crippen LogP contribution in [0.5, 0.6) is 0 Å². The Balaban J connectivity index is 1.94. The van der Waals surface area contributed by atoms with E-state index in [0.717, 1.165) is 6.26 Å². The van der Waals surface area contributed by atoms with Crippen LogP contribution in [0.4, 0.5) is 5.69 Å². The molecule has 6 nitrogen and oxygen atoms in total. The first-order chi connectivity index (χ1) is 10.8. The van der Waals surface area contributed by atoms with Crippen molar-refractivity contribution >= 4 is 33.2 Å². The van der Waals surface area contributed by atoms with Crippen molar-refractivity contribution in [1.29, 1.82) is 0 Å². The van der Waals surface area contributed by atoms with Crippen LogP contribution in [0.2, 0.25) is 5.02 Å². The van der Waals surface area contributed by atoms with E-state index in [1.54, 1.807) is 36.4 Å². The van der Waals surface area contributed by atoms with Gasteiger partial charge in [0.05, 0.1) is 19.1 Å². The first-order valence-electron chi connectivity index (χ1n) is 6.87. The maximum Gasteiger partial charge on any atom is 0.225 e. The lowest BCUT2D eigenvalue weighted by Gasteiger charge is -2.18. The van der Waals surface area contributed by atoms with Crippen molar-refractivity contribution in [3.05, 3.63) is 53.4 Å². The van der Waals surface area contributed by atoms with Gasteiger partial charge in [0.25, 0.3) is 0 Å². The van der Waals surface area contributed by atoms with E-state index in [1.807, 2.05) is 0 Å². The minimum atomic E-state index is -3.44. The SMILES string of the molecule is CS(=O)(=O)N(CCC(=O)Nc1cccc(Cl)c1)Cc1ccco1. The van der Waals surface area contributed by atoms with Gasteiger partial charge in [-0.05, 0) is 30.3 Å². The standard InChI is InChI=1S/C15H17ClN2O4S/c1-23(20,21)18(11-14-6-3-9-22-14)8-7-15(19)17-13-5-2-4-12(16)10-13/h2-6,9-10H,7-8,11H2,1H3,(H,17,19). The van der Waals surface area contributed by atoms with Gasteiger partial charge in [-0.2, -0.15) is 4.31 Å². The van der Waals surface area contributed by atoms with Crippen LogP contribution in [-0.2, 0) is 21.4 Å². The van der Waals surface area contributed by atoms with Crippen LogP contribution in [0.15, 0.2) is 47.1 Å². The van der Waals surface area contributed by atoms with E-state index in [9.17, 15) is 13.2 Å². The van der Waals surface area contributed by atoms with Crippen LogP contribution in [0, 0.1) is 0 Å². The summed E-state index contributed by atoms with van der Waals surface area (Å²) in [6.45, 7) is 0.155. The second kappa shape index (κ2) is 7.63. The van der Waals surface area contributed by atoms with Crippen LogP contribution >= 0.6 is 11.6 Å². The summed E-state index contributed by atoms with van der Waals surface area (Å²) in [6, 6.07) is 10.1. The third kappa shape index (κ3) is 5.70. The fourth-order valence-electron chi connectivity index (χ4n) is 1.95. The molecule has 0 spiro atoms. The average Bonchev–Trinajstić information content (AvgIpc) is 2.95. The summed E-state index contributed by atoms with van der Waals surface area (Å²) in [7, 11) is -3.44. The van der Waals surface area contributed by atoms with E-state index in [4.69, 9.17) is 16.0 Å². The Hall–Kier alpha value is -1.83. The molecule has 1 heterocycles. The molecule has 124 valence electrons. The Bertz CT molecular complexity index is 760. The van der Waals surface area contributed by atoms with Crippen LogP contribution in [0.3, 0.4) is 0 Å². The molecule has 0 saturated heterocycles. The highest BCUT2D eigenvalue weighted by Crippen LogP contribution is 2.15. The molecule has 8 heteroatoms. The van der Waals surface area contributed by atoms with E-state index >= 15 is 0 Å². The molecule has 0 aliphatic heterocycles. The average molecular weight is 357 g/mol. The van der Waals surface area contributed by atoms with Gasteiger partial charge < -0.3 is 9.73 Å². The Morgan fingerprint density at radius 2 is 2.09 bits per heavy atom. The molecule has 0 aliphatic rings. The molecule has 0 fully saturated rings. The number of amides is 1. The molecule has 2 aromatic rings. The van der Waals surface area contributed by atoms with Crippen LogP contribution in [-0.4, -0.2) is 31.4 Å². The third-order valence-corrected chi connectivity index (χ3v) is 4.56. The summed E-state index contributed by atoms with van der Waals surface area (Å²) in [5.74, 6) is 0.228. The van der Waals surface area contributed by atoms with Gasteiger partial charge in [-0.1, -0.05) is 17.7 Å². The number of nitrogens with one attached hydrogen (secondary N) is 1. The maximum atomic E-state index is 12.0. The van der Waals surface area contributed by atoms with Gasteiger partial charge in [-0.25, -0.2) is 8.42 Å². The number of sulfonamides is 1. The van der Waals surface area contributed by atoms with Crippen molar-refractivity contribution in [2.45, 2.75) is 13.0 Å². The van der Waals surface area contributed by atoms with Crippen molar-refractivity contribution < 1.29 is 17.6 Å². The lowest BCUT2D eigenvalue weighted by atomic mass is 10.3. The Morgan fingerprint density at radius 1 is 1.30 bits per heavy atom. The van der Waals surface area contributed by atoms with Gasteiger partial charge in [0.2, 0.25) is 15.9 Å². The predicted octanol–water partition coefficient (Wildman–Crippen LogP) is 2.72. The maximum absolute atomic E-state index is 12.0. The van der Waals surface area contributed by atoms with Gasteiger partial charge in [-0.15, -0.1) is 0 Å². The number of anilines is 1. The van der Waals surface area contributed by atoms with Crippen LogP contribution in [0.25, 0.3) is 0 Å². The first kappa shape index (κ1) is 17.5. The highest BCUT2D eigenvalue weighted by molar-refractivity contribution is 7.88. The summed E-state index contributed by atoms with van der Waals surface area (Å²) in [6.07, 6.45) is 2.60. The van der Waals surface area contributed by atoms with Gasteiger partial charge in [0, 0.05) is 23.7 Å². The molecule has 0 bridgehead atoms. The van der Waals surface area contributed by atoms with Gasteiger partial charge >= 0.3 is 0 Å². The fourth-order valence-corrected chi connectivity index (χ4v) is 2.93. The van der Waals surface area contributed by atoms with E-state index in [-0.39, 0.29) is 25.4 Å². The number of benzene rings is 1. The van der Waals surface area contributed by atoms with Crippen molar-refractivity contribution in [3.63, 3.8) is 0 Å². The monoisotopic (exact) mass is 356 g/mol. The fraction of sp³-hybridized carbons (Fsp3) is 0.267. The summed E-state index contributed by atoms with van der Waals surface area (Å²) in [5, 5.41) is 3.19. The summed E-state index contributed by atoms with van der Waals surface area (Å²) >= 11 is 5.85. The van der Waals surface area contributed by atoms with Crippen molar-refractivity contribution in [2.75, 3.05) is 18.1 Å². The van der Waals surface area contributed by atoms with Gasteiger partial charge in [0.1, 0.15) is 5.76 Å². The van der Waals surface area contributed by atoms with E-state index in [2.05, 4.69) is 5.32 Å². The molecule has 0 saturated carbocycles. The minimum Gasteiger partial charge on any atom is -0.468 e. The third-order valence-electron chi connectivity index (χ3n) is 3.08. The van der Waals surface area contributed by atoms with E-state index < -0.39 is 10.0 Å². The lowest BCUT2D eigenvalue weighted by Crippen LogP contribution is -2.32. The van der Waals surface area contributed by atoms with E-state index in [1.165, 1.54) is 10.6 Å². The highest BCUT2D eigenvalue weighted by Gasteiger charge is 2.19. The highest BCUT2D eigenvalue weighted by atomic mass is 35.5. The number of nitrogens with zero attached hydrogens (tertiary/aromatic N) is 1. The Labute approximate surface area is 140 Å². The van der Waals surface area contributed by atoms with Gasteiger partial charge in [-0.3, -0.25) is 4.79 Å². The Morgan fingerprint density at radius 3 is 2.70 bits per heavy atom. The zero-order valence-corrected chi connectivity index (χ0v) is 14.1. The molecule has 1 aromatic carbocycles. The topological polar surface area (TPSA) is 79.6 Å². The smallest absolute Gasteiger partial charge is 0.225 e. The summed E-state index contributed by atoms with van der Waals surface area (Å²) < 4.78 is 30.0. The number of halogens is 1. The number of rotatable bonds is 7. The number of hydrogen-bond acceptors (Lipinski definition) is 4. The quantitative estimate of drug-likeness (QED) is 0.827. The van der Waals surface area contributed by atoms with Gasteiger partial charge in [0.15, 0.2) is 0 Å². The lowest BCUT2D eigenvalue weighted by molar-refractivity contribution is -0.116. The first-order valence-corrected chi connectivity index (χ1v) is 9.10. The molecule has 1 N–H and O–H groups in total. The molecule has 1 amide bonds. The van der Waals surface area contributed by atoms with Crippen LogP contribution < -0.4 is 5.32 Å². The second-order valence-corrected chi connectivity index (χ2v) is 7.40. The molecule has 0 radical (unpaired) electrons. The summed E-state index contributed by atoms with van der Waals surface area (Å²) in [4.78, 5) is 12.0. The second-order valence-electron chi connectivity index (χ2n) is 4.98. The Kier molecular flexibility index (Phi) is 5.81. The molecule has 1 aromatic heterocycles. The predicted molar refractivity (Wildman–Crippen MR) is 88.7 cm³/mol. The van der Waals surface area contributed by atoms with Crippen molar-refractivity contribution in [3.8, 4) is 0 Å². The number of hydrogen-bond donors (Lipinski definition) is 1. The normalized spacial score (nSPS) is 11.6. The minimum absolute atomic E-state index is 0.0281. The molecule has 0 atom stereocenters. The largest absolute Gasteiger partial charge is 0.468 e. The molecule has 0 unspecified atom stereocenters. The van der Waals surface area contributed by atoms with Crippen LogP contribution in [0.1, 0.15) is 12.2 Å². The van der Waals surface area contributed by atoms with Crippen molar-refractivity contribution in [1.82, 2.24) is 4.31 Å².